The number of likely N-dealkylation sites (N-methyl/N-ethyl adjacent to an activating group) is 1. The number of nitrogens with zero attached hydrogens (tertiary/aromatic N) is 2. The zero-order valence-corrected chi connectivity index (χ0v) is 11.4. The van der Waals surface area contributed by atoms with Gasteiger partial charge in [0, 0.05) is 25.6 Å². The van der Waals surface area contributed by atoms with E-state index < -0.39 is 11.0 Å². The van der Waals surface area contributed by atoms with Crippen molar-refractivity contribution in [1.82, 2.24) is 4.90 Å². The van der Waals surface area contributed by atoms with Crippen LogP contribution < -0.4 is 5.73 Å². The summed E-state index contributed by atoms with van der Waals surface area (Å²) in [4.78, 5) is 23.8. The van der Waals surface area contributed by atoms with Crippen molar-refractivity contribution in [2.24, 2.45) is 5.73 Å². The van der Waals surface area contributed by atoms with E-state index in [0.717, 1.165) is 0 Å². The molecule has 2 N–H and O–H groups in total. The number of nitro benzene ring substituents is 1. The molecule has 0 fully saturated rings. The van der Waals surface area contributed by atoms with E-state index in [0.29, 0.717) is 5.56 Å². The highest BCUT2D eigenvalue weighted by molar-refractivity contribution is 5.82. The number of carbonyl (C=O) groups excluding carboxylic acids is 1. The molecule has 6 heteroatoms. The Balaban J connectivity index is 2.91. The molecule has 1 amide bonds. The van der Waals surface area contributed by atoms with Crippen LogP contribution in [0.1, 0.15) is 24.9 Å². The molecule has 6 nitrogen and oxygen atoms in total. The van der Waals surface area contributed by atoms with Crippen LogP contribution in [0, 0.1) is 22.5 Å². The highest BCUT2D eigenvalue weighted by Crippen LogP contribution is 2.23. The largest absolute Gasteiger partial charge is 0.338 e. The Bertz CT molecular complexity index is 551. The van der Waals surface area contributed by atoms with E-state index in [1.54, 1.807) is 26.1 Å². The van der Waals surface area contributed by atoms with Gasteiger partial charge in [0.25, 0.3) is 5.69 Å². The Morgan fingerprint density at radius 1 is 1.60 bits per heavy atom. The normalized spacial score (nSPS) is 13.1. The van der Waals surface area contributed by atoms with E-state index in [-0.39, 0.29) is 24.1 Å². The summed E-state index contributed by atoms with van der Waals surface area (Å²) < 4.78 is 0. The van der Waals surface area contributed by atoms with Gasteiger partial charge in [0.15, 0.2) is 0 Å². The maximum atomic E-state index is 12.0. The molecule has 0 heterocycles. The lowest BCUT2D eigenvalue weighted by Gasteiger charge is -2.27. The second-order valence-corrected chi connectivity index (χ2v) is 4.49. The molecule has 2 unspecified atom stereocenters. The van der Waals surface area contributed by atoms with Gasteiger partial charge in [-0.1, -0.05) is 12.1 Å². The molecule has 0 spiro atoms. The predicted molar refractivity (Wildman–Crippen MR) is 75.7 cm³/mol. The minimum absolute atomic E-state index is 0.0110. The van der Waals surface area contributed by atoms with Crippen LogP contribution in [-0.2, 0) is 4.79 Å². The number of non-ortho nitro benzene ring substituents is 1. The smallest absolute Gasteiger partial charge is 0.269 e. The number of benzene rings is 1. The van der Waals surface area contributed by atoms with Gasteiger partial charge in [0.2, 0.25) is 5.91 Å². The fourth-order valence-corrected chi connectivity index (χ4v) is 1.79. The van der Waals surface area contributed by atoms with Crippen LogP contribution in [-0.4, -0.2) is 28.8 Å². The highest BCUT2D eigenvalue weighted by atomic mass is 16.6. The molecule has 0 aliphatic carbocycles. The standard InChI is InChI=1S/C14H17N3O3/c1-4-6-13(15)14(18)16(3)10(2)11-7-5-8-12(9-11)17(19)20/h1,5,7-10,13H,6,15H2,2-3H3. The van der Waals surface area contributed by atoms with E-state index in [2.05, 4.69) is 5.92 Å². The molecule has 106 valence electrons. The van der Waals surface area contributed by atoms with Crippen molar-refractivity contribution in [1.29, 1.82) is 0 Å². The molecular weight excluding hydrogens is 258 g/mol. The Morgan fingerprint density at radius 2 is 2.25 bits per heavy atom. The molecule has 2 atom stereocenters. The SMILES string of the molecule is C#CCC(N)C(=O)N(C)C(C)c1cccc([N+](=O)[O-])c1. The first-order chi connectivity index (χ1) is 9.38. The van der Waals surface area contributed by atoms with Crippen molar-refractivity contribution in [2.45, 2.75) is 25.4 Å². The number of hydrogen-bond donors (Lipinski definition) is 1. The van der Waals surface area contributed by atoms with Gasteiger partial charge < -0.3 is 10.6 Å². The summed E-state index contributed by atoms with van der Waals surface area (Å²) in [6.45, 7) is 1.78. The fraction of sp³-hybridized carbons (Fsp3) is 0.357. The number of hydrogen-bond acceptors (Lipinski definition) is 4. The maximum absolute atomic E-state index is 12.0. The van der Waals surface area contributed by atoms with Gasteiger partial charge >= 0.3 is 0 Å². The second kappa shape index (κ2) is 6.68. The lowest BCUT2D eigenvalue weighted by atomic mass is 10.1. The Kier molecular flexibility index (Phi) is 5.23. The number of nitrogens with two attached hydrogens (primary N) is 1. The third kappa shape index (κ3) is 3.56. The fourth-order valence-electron chi connectivity index (χ4n) is 1.79. The molecule has 0 radical (unpaired) electrons. The average molecular weight is 275 g/mol. The second-order valence-electron chi connectivity index (χ2n) is 4.49. The number of rotatable bonds is 5. The van der Waals surface area contributed by atoms with Crippen LogP contribution >= 0.6 is 0 Å². The summed E-state index contributed by atoms with van der Waals surface area (Å²) in [5, 5.41) is 10.8. The molecule has 0 aliphatic heterocycles. The first kappa shape index (κ1) is 15.7. The lowest BCUT2D eigenvalue weighted by Crippen LogP contribution is -2.42. The van der Waals surface area contributed by atoms with Crippen LogP contribution in [0.3, 0.4) is 0 Å². The van der Waals surface area contributed by atoms with E-state index in [4.69, 9.17) is 12.2 Å². The molecule has 0 aliphatic rings. The van der Waals surface area contributed by atoms with E-state index in [1.807, 2.05) is 0 Å². The molecule has 20 heavy (non-hydrogen) atoms. The predicted octanol–water partition coefficient (Wildman–Crippen LogP) is 1.46. The van der Waals surface area contributed by atoms with Crippen LogP contribution in [0.5, 0.6) is 0 Å². The minimum Gasteiger partial charge on any atom is -0.338 e. The monoisotopic (exact) mass is 275 g/mol. The molecule has 1 rings (SSSR count). The lowest BCUT2D eigenvalue weighted by molar-refractivity contribution is -0.384. The number of terminal acetylenes is 1. The van der Waals surface area contributed by atoms with Crippen molar-refractivity contribution in [2.75, 3.05) is 7.05 Å². The third-order valence-corrected chi connectivity index (χ3v) is 3.15. The topological polar surface area (TPSA) is 89.5 Å². The van der Waals surface area contributed by atoms with Crippen molar-refractivity contribution < 1.29 is 9.72 Å². The van der Waals surface area contributed by atoms with Gasteiger partial charge in [-0.3, -0.25) is 14.9 Å². The molecular formula is C14H17N3O3. The van der Waals surface area contributed by atoms with Crippen LogP contribution in [0.2, 0.25) is 0 Å². The molecule has 0 saturated carbocycles. The zero-order chi connectivity index (χ0) is 15.3. The van der Waals surface area contributed by atoms with Gasteiger partial charge in [-0.2, -0.15) is 0 Å². The third-order valence-electron chi connectivity index (χ3n) is 3.15. The number of amides is 1. The highest BCUT2D eigenvalue weighted by Gasteiger charge is 2.23. The maximum Gasteiger partial charge on any atom is 0.269 e. The van der Waals surface area contributed by atoms with Crippen molar-refractivity contribution in [3.63, 3.8) is 0 Å². The minimum atomic E-state index is -0.758. The first-order valence-corrected chi connectivity index (χ1v) is 6.08. The molecule has 0 aromatic heterocycles. The molecule has 0 saturated heterocycles. The first-order valence-electron chi connectivity index (χ1n) is 6.08. The van der Waals surface area contributed by atoms with E-state index >= 15 is 0 Å². The summed E-state index contributed by atoms with van der Waals surface area (Å²) in [6, 6.07) is 5.08. The summed E-state index contributed by atoms with van der Waals surface area (Å²) in [5.74, 6) is 2.05. The molecule has 0 bridgehead atoms. The van der Waals surface area contributed by atoms with Crippen molar-refractivity contribution in [3.05, 3.63) is 39.9 Å². The quantitative estimate of drug-likeness (QED) is 0.500. The van der Waals surface area contributed by atoms with E-state index in [1.165, 1.54) is 17.0 Å². The van der Waals surface area contributed by atoms with Crippen LogP contribution in [0.15, 0.2) is 24.3 Å². The summed E-state index contributed by atoms with van der Waals surface area (Å²) >= 11 is 0. The van der Waals surface area contributed by atoms with Gasteiger partial charge in [-0.25, -0.2) is 0 Å². The Hall–Kier alpha value is -2.39. The number of nitro groups is 1. The van der Waals surface area contributed by atoms with E-state index in [9.17, 15) is 14.9 Å². The van der Waals surface area contributed by atoms with Gasteiger partial charge in [0.05, 0.1) is 17.0 Å². The molecule has 1 aromatic carbocycles. The summed E-state index contributed by atoms with van der Waals surface area (Å²) in [7, 11) is 1.60. The number of carbonyl (C=O) groups is 1. The summed E-state index contributed by atoms with van der Waals surface area (Å²) in [6.07, 6.45) is 5.29. The van der Waals surface area contributed by atoms with Crippen molar-refractivity contribution >= 4 is 11.6 Å². The van der Waals surface area contributed by atoms with Crippen molar-refractivity contribution in [3.8, 4) is 12.3 Å². The summed E-state index contributed by atoms with van der Waals surface area (Å²) in [5.41, 5.74) is 6.34. The van der Waals surface area contributed by atoms with Gasteiger partial charge in [-0.05, 0) is 12.5 Å². The van der Waals surface area contributed by atoms with Gasteiger partial charge in [-0.15, -0.1) is 12.3 Å². The Labute approximate surface area is 117 Å². The van der Waals surface area contributed by atoms with Crippen LogP contribution in [0.4, 0.5) is 5.69 Å². The zero-order valence-electron chi connectivity index (χ0n) is 11.4. The molecule has 1 aromatic rings. The van der Waals surface area contributed by atoms with Gasteiger partial charge in [0.1, 0.15) is 0 Å². The Morgan fingerprint density at radius 3 is 2.80 bits per heavy atom. The average Bonchev–Trinajstić information content (AvgIpc) is 2.45. The van der Waals surface area contributed by atoms with Crippen LogP contribution in [0.25, 0.3) is 0 Å².